The van der Waals surface area contributed by atoms with E-state index in [1.807, 2.05) is 31.0 Å². The van der Waals surface area contributed by atoms with Crippen LogP contribution in [-0.2, 0) is 13.1 Å². The first-order chi connectivity index (χ1) is 10.0. The Bertz CT molecular complexity index is 783. The van der Waals surface area contributed by atoms with Crippen LogP contribution in [0.4, 0.5) is 0 Å². The molecule has 1 unspecified atom stereocenters. The van der Waals surface area contributed by atoms with E-state index in [-0.39, 0.29) is 5.38 Å². The third-order valence-electron chi connectivity index (χ3n) is 3.63. The van der Waals surface area contributed by atoms with Crippen molar-refractivity contribution in [3.63, 3.8) is 0 Å². The second-order valence-corrected chi connectivity index (χ2v) is 6.70. The van der Waals surface area contributed by atoms with Gasteiger partial charge in [0.05, 0.1) is 28.8 Å². The molecular formula is C14H18ClN5S. The molecule has 0 fully saturated rings. The predicted molar refractivity (Wildman–Crippen MR) is 86.2 cm³/mol. The second-order valence-electron chi connectivity index (χ2n) is 5.11. The van der Waals surface area contributed by atoms with Crippen LogP contribution >= 0.6 is 22.9 Å². The van der Waals surface area contributed by atoms with Crippen molar-refractivity contribution in [2.45, 2.75) is 46.2 Å². The monoisotopic (exact) mass is 323 g/mol. The van der Waals surface area contributed by atoms with Crippen LogP contribution in [0.2, 0.25) is 0 Å². The number of aromatic nitrogens is 5. The number of nitrogens with zero attached hydrogens (tertiary/aromatic N) is 5. The topological polar surface area (TPSA) is 48.5 Å². The Morgan fingerprint density at radius 3 is 2.67 bits per heavy atom. The molecule has 3 heterocycles. The summed E-state index contributed by atoms with van der Waals surface area (Å²) >= 11 is 8.00. The Balaban J connectivity index is 2.22. The number of halogens is 1. The molecule has 0 spiro atoms. The molecule has 0 aliphatic heterocycles. The molecule has 3 aromatic heterocycles. The molecule has 0 N–H and O–H groups in total. The molecule has 7 heteroatoms. The van der Waals surface area contributed by atoms with E-state index in [0.717, 1.165) is 41.5 Å². The van der Waals surface area contributed by atoms with Crippen molar-refractivity contribution >= 4 is 34.1 Å². The van der Waals surface area contributed by atoms with Gasteiger partial charge in [0.25, 0.3) is 0 Å². The third-order valence-corrected chi connectivity index (χ3v) is 4.75. The van der Waals surface area contributed by atoms with Crippen molar-refractivity contribution in [2.24, 2.45) is 0 Å². The largest absolute Gasteiger partial charge is 0.306 e. The lowest BCUT2D eigenvalue weighted by atomic mass is 10.3. The third kappa shape index (κ3) is 2.36. The van der Waals surface area contributed by atoms with Gasteiger partial charge in [-0.25, -0.2) is 14.6 Å². The van der Waals surface area contributed by atoms with E-state index < -0.39 is 0 Å². The molecule has 112 valence electrons. The highest BCUT2D eigenvalue weighted by Crippen LogP contribution is 2.28. The van der Waals surface area contributed by atoms with E-state index in [0.29, 0.717) is 0 Å². The average Bonchev–Trinajstić information content (AvgIpc) is 3.08. The van der Waals surface area contributed by atoms with Crippen molar-refractivity contribution in [2.75, 3.05) is 0 Å². The number of hydrogen-bond acceptors (Lipinski definition) is 4. The molecule has 3 rings (SSSR count). The van der Waals surface area contributed by atoms with Crippen molar-refractivity contribution in [1.29, 1.82) is 0 Å². The summed E-state index contributed by atoms with van der Waals surface area (Å²) in [7, 11) is 0. The molecule has 1 atom stereocenters. The number of hydrogen-bond donors (Lipinski definition) is 0. The summed E-state index contributed by atoms with van der Waals surface area (Å²) in [5.41, 5.74) is 5.89. The fourth-order valence-corrected chi connectivity index (χ4v) is 3.47. The van der Waals surface area contributed by atoms with Gasteiger partial charge in [-0.15, -0.1) is 22.9 Å². The zero-order chi connectivity index (χ0) is 15.1. The van der Waals surface area contributed by atoms with Crippen molar-refractivity contribution in [1.82, 2.24) is 24.3 Å². The summed E-state index contributed by atoms with van der Waals surface area (Å²) in [6, 6.07) is 0. The summed E-state index contributed by atoms with van der Waals surface area (Å²) in [5.74, 6) is 0.891. The van der Waals surface area contributed by atoms with Gasteiger partial charge in [0, 0.05) is 11.4 Å². The van der Waals surface area contributed by atoms with Crippen molar-refractivity contribution in [3.05, 3.63) is 27.6 Å². The second kappa shape index (κ2) is 5.42. The number of imidazole rings is 1. The molecule has 0 aliphatic rings. The van der Waals surface area contributed by atoms with E-state index in [1.54, 1.807) is 11.3 Å². The van der Waals surface area contributed by atoms with Crippen molar-refractivity contribution in [3.8, 4) is 0 Å². The standard InChI is InChI=1S/C14H18ClN5S/c1-5-20-14-12(10(4)18-20)17-13(8(2)15)19(14)6-11-9(3)16-7-21-11/h7-8H,5-6H2,1-4H3. The predicted octanol–water partition coefficient (Wildman–Crippen LogP) is 3.67. The van der Waals surface area contributed by atoms with Crippen LogP contribution in [0.25, 0.3) is 11.2 Å². The zero-order valence-electron chi connectivity index (χ0n) is 12.6. The SMILES string of the molecule is CCn1nc(C)c2nc(C(C)Cl)n(Cc3scnc3C)c21. The molecule has 0 bridgehead atoms. The normalized spacial score (nSPS) is 13.2. The van der Waals surface area contributed by atoms with Crippen LogP contribution in [0.5, 0.6) is 0 Å². The number of thiazole rings is 1. The molecule has 0 saturated carbocycles. The van der Waals surface area contributed by atoms with Gasteiger partial charge in [-0.2, -0.15) is 5.10 Å². The fourth-order valence-electron chi connectivity index (χ4n) is 2.54. The Kier molecular flexibility index (Phi) is 3.75. The quantitative estimate of drug-likeness (QED) is 0.688. The molecule has 21 heavy (non-hydrogen) atoms. The minimum Gasteiger partial charge on any atom is -0.306 e. The number of aryl methyl sites for hydroxylation is 3. The summed E-state index contributed by atoms with van der Waals surface area (Å²) in [6.45, 7) is 9.62. The zero-order valence-corrected chi connectivity index (χ0v) is 14.2. The summed E-state index contributed by atoms with van der Waals surface area (Å²) in [4.78, 5) is 10.3. The smallest absolute Gasteiger partial charge is 0.159 e. The van der Waals surface area contributed by atoms with E-state index in [4.69, 9.17) is 16.6 Å². The molecule has 0 saturated heterocycles. The minimum absolute atomic E-state index is 0.143. The van der Waals surface area contributed by atoms with Gasteiger partial charge in [0.1, 0.15) is 11.3 Å². The summed E-state index contributed by atoms with van der Waals surface area (Å²) < 4.78 is 4.17. The maximum Gasteiger partial charge on any atom is 0.159 e. The highest BCUT2D eigenvalue weighted by atomic mass is 35.5. The minimum atomic E-state index is -0.143. The van der Waals surface area contributed by atoms with Crippen LogP contribution in [0.15, 0.2) is 5.51 Å². The first-order valence-electron chi connectivity index (χ1n) is 6.99. The lowest BCUT2D eigenvalue weighted by Gasteiger charge is -2.11. The summed E-state index contributed by atoms with van der Waals surface area (Å²) in [6.07, 6.45) is 0. The maximum atomic E-state index is 6.34. The first kappa shape index (κ1) is 14.5. The van der Waals surface area contributed by atoms with E-state index in [9.17, 15) is 0 Å². The fraction of sp³-hybridized carbons (Fsp3) is 0.500. The first-order valence-corrected chi connectivity index (χ1v) is 8.31. The van der Waals surface area contributed by atoms with E-state index in [2.05, 4.69) is 21.6 Å². The van der Waals surface area contributed by atoms with E-state index >= 15 is 0 Å². The average molecular weight is 324 g/mol. The highest BCUT2D eigenvalue weighted by Gasteiger charge is 2.21. The molecular weight excluding hydrogens is 306 g/mol. The maximum absolute atomic E-state index is 6.34. The van der Waals surface area contributed by atoms with Gasteiger partial charge in [0.15, 0.2) is 5.65 Å². The molecule has 0 aromatic carbocycles. The van der Waals surface area contributed by atoms with Crippen LogP contribution in [0.1, 0.15) is 41.3 Å². The van der Waals surface area contributed by atoms with Crippen LogP contribution in [0, 0.1) is 13.8 Å². The molecule has 3 aromatic rings. The highest BCUT2D eigenvalue weighted by molar-refractivity contribution is 7.09. The Labute approximate surface area is 132 Å². The van der Waals surface area contributed by atoms with Gasteiger partial charge < -0.3 is 4.57 Å². The number of fused-ring (bicyclic) bond motifs is 1. The van der Waals surface area contributed by atoms with Crippen molar-refractivity contribution < 1.29 is 0 Å². The van der Waals surface area contributed by atoms with Gasteiger partial charge in [-0.1, -0.05) is 0 Å². The van der Waals surface area contributed by atoms with Crippen LogP contribution in [-0.4, -0.2) is 24.3 Å². The molecule has 0 amide bonds. The molecule has 0 aliphatic carbocycles. The van der Waals surface area contributed by atoms with Gasteiger partial charge in [-0.3, -0.25) is 0 Å². The molecule has 0 radical (unpaired) electrons. The van der Waals surface area contributed by atoms with Gasteiger partial charge >= 0.3 is 0 Å². The lowest BCUT2D eigenvalue weighted by molar-refractivity contribution is 0.634. The number of rotatable bonds is 4. The van der Waals surface area contributed by atoms with E-state index in [1.165, 1.54) is 4.88 Å². The molecule has 5 nitrogen and oxygen atoms in total. The Morgan fingerprint density at radius 1 is 1.33 bits per heavy atom. The van der Waals surface area contributed by atoms with Gasteiger partial charge in [0.2, 0.25) is 0 Å². The lowest BCUT2D eigenvalue weighted by Crippen LogP contribution is -2.10. The van der Waals surface area contributed by atoms with Crippen LogP contribution in [0.3, 0.4) is 0 Å². The Hall–Kier alpha value is -1.40. The summed E-state index contributed by atoms with van der Waals surface area (Å²) in [5, 5.41) is 4.42. The number of alkyl halides is 1. The Morgan fingerprint density at radius 2 is 2.10 bits per heavy atom. The van der Waals surface area contributed by atoms with Gasteiger partial charge in [-0.05, 0) is 27.7 Å². The van der Waals surface area contributed by atoms with Crippen LogP contribution < -0.4 is 0 Å².